The largest absolute Gasteiger partial charge is 0.441 e. The fourth-order valence-electron chi connectivity index (χ4n) is 2.29. The highest BCUT2D eigenvalue weighted by molar-refractivity contribution is 6.44. The van der Waals surface area contributed by atoms with Crippen molar-refractivity contribution in [2.75, 3.05) is 10.6 Å². The van der Waals surface area contributed by atoms with Crippen molar-refractivity contribution >= 4 is 51.6 Å². The Morgan fingerprint density at radius 1 is 1.25 bits per heavy atom. The number of rotatable bonds is 4. The fourth-order valence-corrected chi connectivity index (χ4v) is 2.64. The number of nitrogens with one attached hydrogen (secondary N) is 2. The maximum Gasteiger partial charge on any atom is 0.246 e. The van der Waals surface area contributed by atoms with E-state index in [1.54, 1.807) is 32.0 Å². The normalized spacial score (nSPS) is 12.2. The molecule has 1 heterocycles. The molecular weight excluding hydrogens is 349 g/mol. The second-order valence-corrected chi connectivity index (χ2v) is 6.16. The van der Waals surface area contributed by atoms with Crippen LogP contribution in [-0.4, -0.2) is 16.9 Å². The van der Waals surface area contributed by atoms with E-state index in [9.17, 15) is 4.79 Å². The summed E-state index contributed by atoms with van der Waals surface area (Å²) in [5, 5.41) is 6.60. The minimum absolute atomic E-state index is 0.226. The smallest absolute Gasteiger partial charge is 0.246 e. The number of oxazole rings is 1. The van der Waals surface area contributed by atoms with Gasteiger partial charge >= 0.3 is 0 Å². The number of carbonyl (C=O) groups excluding carboxylic acids is 1. The lowest BCUT2D eigenvalue weighted by molar-refractivity contribution is -0.116. The molecule has 1 amide bonds. The monoisotopic (exact) mass is 363 g/mol. The van der Waals surface area contributed by atoms with E-state index in [1.807, 2.05) is 18.2 Å². The zero-order valence-corrected chi connectivity index (χ0v) is 14.6. The van der Waals surface area contributed by atoms with Gasteiger partial charge in [-0.3, -0.25) is 4.79 Å². The Morgan fingerprint density at radius 2 is 2.04 bits per heavy atom. The number of hydrogen-bond donors (Lipinski definition) is 2. The van der Waals surface area contributed by atoms with E-state index in [2.05, 4.69) is 15.6 Å². The van der Waals surface area contributed by atoms with Gasteiger partial charge < -0.3 is 15.1 Å². The summed E-state index contributed by atoms with van der Waals surface area (Å²) in [6.45, 7) is 3.55. The lowest BCUT2D eigenvalue weighted by atomic mass is 10.2. The van der Waals surface area contributed by atoms with Gasteiger partial charge in [0.2, 0.25) is 5.91 Å². The van der Waals surface area contributed by atoms with E-state index >= 15 is 0 Å². The number of amides is 1. The predicted molar refractivity (Wildman–Crippen MR) is 96.9 cm³/mol. The molecule has 3 rings (SSSR count). The van der Waals surface area contributed by atoms with Crippen molar-refractivity contribution in [3.63, 3.8) is 0 Å². The minimum atomic E-state index is -0.481. The Hall–Kier alpha value is -2.24. The van der Waals surface area contributed by atoms with Gasteiger partial charge in [-0.05, 0) is 37.3 Å². The Balaban J connectivity index is 1.71. The molecule has 0 aliphatic heterocycles. The van der Waals surface area contributed by atoms with E-state index in [4.69, 9.17) is 27.6 Å². The first kappa shape index (κ1) is 16.6. The summed E-state index contributed by atoms with van der Waals surface area (Å²) in [6, 6.07) is 10.1. The highest BCUT2D eigenvalue weighted by Crippen LogP contribution is 2.29. The molecule has 3 aromatic rings. The number of hydrogen-bond acceptors (Lipinski definition) is 4. The first-order valence-electron chi connectivity index (χ1n) is 7.32. The van der Waals surface area contributed by atoms with Crippen LogP contribution in [0.4, 0.5) is 11.4 Å². The Kier molecular flexibility index (Phi) is 4.64. The van der Waals surface area contributed by atoms with Crippen molar-refractivity contribution in [1.82, 2.24) is 4.98 Å². The van der Waals surface area contributed by atoms with Crippen LogP contribution in [0, 0.1) is 6.92 Å². The molecule has 0 bridgehead atoms. The zero-order valence-electron chi connectivity index (χ0n) is 13.1. The average Bonchev–Trinajstić information content (AvgIpc) is 2.91. The van der Waals surface area contributed by atoms with Crippen LogP contribution in [0.5, 0.6) is 0 Å². The SMILES string of the molecule is Cc1nc2cc(N[C@@H](C)C(=O)Nc3cccc(Cl)c3Cl)ccc2o1. The number of aromatic nitrogens is 1. The zero-order chi connectivity index (χ0) is 17.3. The highest BCUT2D eigenvalue weighted by Gasteiger charge is 2.15. The first-order chi connectivity index (χ1) is 11.4. The second kappa shape index (κ2) is 6.71. The van der Waals surface area contributed by atoms with E-state index < -0.39 is 6.04 Å². The third kappa shape index (κ3) is 3.47. The molecule has 24 heavy (non-hydrogen) atoms. The number of fused-ring (bicyclic) bond motifs is 1. The van der Waals surface area contributed by atoms with Gasteiger partial charge in [0.15, 0.2) is 11.5 Å². The van der Waals surface area contributed by atoms with E-state index in [0.717, 1.165) is 11.2 Å². The molecule has 0 radical (unpaired) electrons. The Labute approximate surface area is 149 Å². The molecule has 0 saturated carbocycles. The number of nitrogens with zero attached hydrogens (tertiary/aromatic N) is 1. The highest BCUT2D eigenvalue weighted by atomic mass is 35.5. The van der Waals surface area contributed by atoms with E-state index in [1.165, 1.54) is 0 Å². The summed E-state index contributed by atoms with van der Waals surface area (Å²) in [5.74, 6) is 0.374. The predicted octanol–water partition coefficient (Wildman–Crippen LogP) is 4.88. The molecule has 0 aliphatic rings. The number of aryl methyl sites for hydroxylation is 1. The van der Waals surface area contributed by atoms with Crippen molar-refractivity contribution in [2.45, 2.75) is 19.9 Å². The lowest BCUT2D eigenvalue weighted by Gasteiger charge is -2.16. The van der Waals surface area contributed by atoms with Gasteiger partial charge in [-0.15, -0.1) is 0 Å². The molecule has 0 fully saturated rings. The van der Waals surface area contributed by atoms with Crippen LogP contribution in [0.2, 0.25) is 10.0 Å². The summed E-state index contributed by atoms with van der Waals surface area (Å²) >= 11 is 12.0. The van der Waals surface area contributed by atoms with Gasteiger partial charge in [0.25, 0.3) is 0 Å². The van der Waals surface area contributed by atoms with Crippen molar-refractivity contribution in [2.24, 2.45) is 0 Å². The third-order valence-corrected chi connectivity index (χ3v) is 4.30. The lowest BCUT2D eigenvalue weighted by Crippen LogP contribution is -2.31. The molecule has 0 saturated heterocycles. The van der Waals surface area contributed by atoms with Crippen LogP contribution < -0.4 is 10.6 Å². The standard InChI is InChI=1S/C17H15Cl2N3O2/c1-9(17(23)22-13-5-3-4-12(18)16(13)19)20-11-6-7-15-14(8-11)21-10(2)24-15/h3-9,20H,1-2H3,(H,22,23)/t9-/m0/s1. The molecule has 2 N–H and O–H groups in total. The van der Waals surface area contributed by atoms with Crippen molar-refractivity contribution in [1.29, 1.82) is 0 Å². The molecule has 7 heteroatoms. The Morgan fingerprint density at radius 3 is 2.83 bits per heavy atom. The van der Waals surface area contributed by atoms with Crippen LogP contribution in [0.15, 0.2) is 40.8 Å². The van der Waals surface area contributed by atoms with Crippen LogP contribution in [-0.2, 0) is 4.79 Å². The van der Waals surface area contributed by atoms with Crippen molar-refractivity contribution in [3.8, 4) is 0 Å². The average molecular weight is 364 g/mol. The molecule has 0 spiro atoms. The molecule has 1 aromatic heterocycles. The maximum atomic E-state index is 12.3. The van der Waals surface area contributed by atoms with Gasteiger partial charge in [-0.2, -0.15) is 0 Å². The molecule has 1 atom stereocenters. The van der Waals surface area contributed by atoms with Gasteiger partial charge in [0.1, 0.15) is 11.6 Å². The Bertz CT molecular complexity index is 908. The van der Waals surface area contributed by atoms with Crippen molar-refractivity contribution < 1.29 is 9.21 Å². The number of benzene rings is 2. The summed E-state index contributed by atoms with van der Waals surface area (Å²) in [6.07, 6.45) is 0. The quantitative estimate of drug-likeness (QED) is 0.692. The molecule has 5 nitrogen and oxygen atoms in total. The molecular formula is C17H15Cl2N3O2. The third-order valence-electron chi connectivity index (χ3n) is 3.48. The van der Waals surface area contributed by atoms with Crippen LogP contribution in [0.1, 0.15) is 12.8 Å². The van der Waals surface area contributed by atoms with Crippen LogP contribution >= 0.6 is 23.2 Å². The molecule has 2 aromatic carbocycles. The molecule has 124 valence electrons. The summed E-state index contributed by atoms with van der Waals surface area (Å²) in [5.41, 5.74) is 2.70. The maximum absolute atomic E-state index is 12.3. The number of anilines is 2. The summed E-state index contributed by atoms with van der Waals surface area (Å²) < 4.78 is 5.43. The molecule has 0 unspecified atom stereocenters. The van der Waals surface area contributed by atoms with Gasteiger partial charge in [-0.25, -0.2) is 4.98 Å². The molecule has 0 aliphatic carbocycles. The van der Waals surface area contributed by atoms with Crippen LogP contribution in [0.25, 0.3) is 11.1 Å². The van der Waals surface area contributed by atoms with E-state index in [0.29, 0.717) is 27.2 Å². The fraction of sp³-hybridized carbons (Fsp3) is 0.176. The second-order valence-electron chi connectivity index (χ2n) is 5.37. The summed E-state index contributed by atoms with van der Waals surface area (Å²) in [7, 11) is 0. The minimum Gasteiger partial charge on any atom is -0.441 e. The number of carbonyl (C=O) groups is 1. The van der Waals surface area contributed by atoms with Crippen molar-refractivity contribution in [3.05, 3.63) is 52.3 Å². The van der Waals surface area contributed by atoms with Gasteiger partial charge in [0.05, 0.1) is 15.7 Å². The topological polar surface area (TPSA) is 67.2 Å². The van der Waals surface area contributed by atoms with E-state index in [-0.39, 0.29) is 5.91 Å². The van der Waals surface area contributed by atoms with Crippen LogP contribution in [0.3, 0.4) is 0 Å². The van der Waals surface area contributed by atoms with Gasteiger partial charge in [-0.1, -0.05) is 29.3 Å². The summed E-state index contributed by atoms with van der Waals surface area (Å²) in [4.78, 5) is 16.6. The number of halogens is 2. The first-order valence-corrected chi connectivity index (χ1v) is 8.08. The van der Waals surface area contributed by atoms with Gasteiger partial charge in [0, 0.05) is 12.6 Å².